The number of rotatable bonds is 1. The largest absolute Gasteiger partial charge is 0.469 e. The average molecular weight is 253 g/mol. The predicted molar refractivity (Wildman–Crippen MR) is 64.5 cm³/mol. The van der Waals surface area contributed by atoms with Gasteiger partial charge in [-0.3, -0.25) is 0 Å². The van der Waals surface area contributed by atoms with E-state index in [1.54, 1.807) is 6.26 Å². The molecule has 0 saturated heterocycles. The van der Waals surface area contributed by atoms with Gasteiger partial charge in [-0.25, -0.2) is 9.97 Å². The molecule has 82 valence electrons. The van der Waals surface area contributed by atoms with Crippen LogP contribution in [0.5, 0.6) is 0 Å². The average Bonchev–Trinajstić information content (AvgIpc) is 2.85. The summed E-state index contributed by atoms with van der Waals surface area (Å²) in [6, 6.07) is 1.87. The molecule has 0 N–H and O–H groups in total. The second kappa shape index (κ2) is 3.79. The number of halogens is 1. The summed E-state index contributed by atoms with van der Waals surface area (Å²) in [4.78, 5) is 8.87. The van der Waals surface area contributed by atoms with Crippen molar-refractivity contribution >= 4 is 23.4 Å². The standard InChI is InChI=1S/C11H9ClN2OS/c1-6-7(2-3-15-6)11-13-9-5-16-4-8(9)10(12)14-11/h2-3H,4-5H2,1H3. The Morgan fingerprint density at radius 2 is 2.25 bits per heavy atom. The molecule has 0 fully saturated rings. The minimum Gasteiger partial charge on any atom is -0.469 e. The maximum absolute atomic E-state index is 6.15. The minimum absolute atomic E-state index is 0.575. The van der Waals surface area contributed by atoms with Crippen LogP contribution in [0.2, 0.25) is 5.15 Å². The van der Waals surface area contributed by atoms with Gasteiger partial charge in [0.05, 0.1) is 17.5 Å². The topological polar surface area (TPSA) is 38.9 Å². The molecule has 2 aromatic heterocycles. The summed E-state index contributed by atoms with van der Waals surface area (Å²) in [5.74, 6) is 3.32. The Morgan fingerprint density at radius 3 is 3.00 bits per heavy atom. The molecule has 0 saturated carbocycles. The highest BCUT2D eigenvalue weighted by Crippen LogP contribution is 2.34. The molecule has 0 aliphatic carbocycles. The van der Waals surface area contributed by atoms with E-state index in [4.69, 9.17) is 16.0 Å². The van der Waals surface area contributed by atoms with Crippen LogP contribution >= 0.6 is 23.4 Å². The third-order valence-corrected chi connectivity index (χ3v) is 3.91. The zero-order chi connectivity index (χ0) is 11.1. The molecular formula is C11H9ClN2OS. The van der Waals surface area contributed by atoms with Gasteiger partial charge in [0.1, 0.15) is 10.9 Å². The third kappa shape index (κ3) is 1.53. The Hall–Kier alpha value is -1.000. The third-order valence-electron chi connectivity index (χ3n) is 2.63. The second-order valence-corrected chi connectivity index (χ2v) is 4.99. The highest BCUT2D eigenvalue weighted by Gasteiger charge is 2.20. The van der Waals surface area contributed by atoms with Gasteiger partial charge in [0.2, 0.25) is 0 Å². The number of fused-ring (bicyclic) bond motifs is 1. The fourth-order valence-electron chi connectivity index (χ4n) is 1.75. The SMILES string of the molecule is Cc1occc1-c1nc(Cl)c2c(n1)CSC2. The lowest BCUT2D eigenvalue weighted by Crippen LogP contribution is -1.97. The van der Waals surface area contributed by atoms with Crippen molar-refractivity contribution in [2.45, 2.75) is 18.4 Å². The molecule has 1 aliphatic rings. The predicted octanol–water partition coefficient (Wildman–Crippen LogP) is 3.45. The summed E-state index contributed by atoms with van der Waals surface area (Å²) < 4.78 is 5.25. The molecule has 0 amide bonds. The maximum atomic E-state index is 6.15. The first-order valence-electron chi connectivity index (χ1n) is 4.93. The monoisotopic (exact) mass is 252 g/mol. The van der Waals surface area contributed by atoms with Gasteiger partial charge in [-0.15, -0.1) is 0 Å². The Bertz CT molecular complexity index is 553. The van der Waals surface area contributed by atoms with E-state index < -0.39 is 0 Å². The highest BCUT2D eigenvalue weighted by atomic mass is 35.5. The number of furan rings is 1. The number of thioether (sulfide) groups is 1. The number of hydrogen-bond acceptors (Lipinski definition) is 4. The normalized spacial score (nSPS) is 14.1. The van der Waals surface area contributed by atoms with E-state index in [9.17, 15) is 0 Å². The molecule has 1 aliphatic heterocycles. The summed E-state index contributed by atoms with van der Waals surface area (Å²) in [5.41, 5.74) is 3.05. The number of hydrogen-bond donors (Lipinski definition) is 0. The van der Waals surface area contributed by atoms with Gasteiger partial charge < -0.3 is 4.42 Å². The van der Waals surface area contributed by atoms with E-state index in [-0.39, 0.29) is 0 Å². The fraction of sp³-hybridized carbons (Fsp3) is 0.273. The van der Waals surface area contributed by atoms with Crippen LogP contribution in [0.25, 0.3) is 11.4 Å². The summed E-state index contributed by atoms with van der Waals surface area (Å²) in [7, 11) is 0. The zero-order valence-corrected chi connectivity index (χ0v) is 10.2. The van der Waals surface area contributed by atoms with Gasteiger partial charge in [0.25, 0.3) is 0 Å². The van der Waals surface area contributed by atoms with Gasteiger partial charge in [-0.05, 0) is 13.0 Å². The summed E-state index contributed by atoms with van der Waals surface area (Å²) in [5, 5.41) is 0.575. The quantitative estimate of drug-likeness (QED) is 0.729. The number of nitrogens with zero attached hydrogens (tertiary/aromatic N) is 2. The van der Waals surface area contributed by atoms with E-state index in [1.807, 2.05) is 24.8 Å². The first kappa shape index (κ1) is 10.2. The zero-order valence-electron chi connectivity index (χ0n) is 8.66. The van der Waals surface area contributed by atoms with Crippen molar-refractivity contribution in [2.24, 2.45) is 0 Å². The Kier molecular flexibility index (Phi) is 2.41. The van der Waals surface area contributed by atoms with E-state index in [0.717, 1.165) is 34.1 Å². The lowest BCUT2D eigenvalue weighted by molar-refractivity contribution is 0.535. The fourth-order valence-corrected chi connectivity index (χ4v) is 3.13. The Balaban J connectivity index is 2.17. The Morgan fingerprint density at radius 1 is 1.38 bits per heavy atom. The van der Waals surface area contributed by atoms with E-state index in [1.165, 1.54) is 0 Å². The molecule has 0 spiro atoms. The van der Waals surface area contributed by atoms with E-state index in [0.29, 0.717) is 11.0 Å². The van der Waals surface area contributed by atoms with Crippen LogP contribution in [0.15, 0.2) is 16.7 Å². The molecule has 3 rings (SSSR count). The van der Waals surface area contributed by atoms with Gasteiger partial charge >= 0.3 is 0 Å². The van der Waals surface area contributed by atoms with Gasteiger partial charge in [0, 0.05) is 17.1 Å². The van der Waals surface area contributed by atoms with Crippen LogP contribution in [-0.2, 0) is 11.5 Å². The van der Waals surface area contributed by atoms with Crippen LogP contribution in [0.3, 0.4) is 0 Å². The number of aromatic nitrogens is 2. The molecule has 0 aromatic carbocycles. The Labute approximate surface area is 102 Å². The maximum Gasteiger partial charge on any atom is 0.164 e. The van der Waals surface area contributed by atoms with Crippen molar-refractivity contribution in [3.8, 4) is 11.4 Å². The van der Waals surface area contributed by atoms with Crippen LogP contribution in [0, 0.1) is 6.92 Å². The lowest BCUT2D eigenvalue weighted by atomic mass is 10.2. The van der Waals surface area contributed by atoms with Crippen LogP contribution in [0.4, 0.5) is 0 Å². The van der Waals surface area contributed by atoms with Crippen molar-refractivity contribution in [1.29, 1.82) is 0 Å². The van der Waals surface area contributed by atoms with Gasteiger partial charge in [0.15, 0.2) is 5.82 Å². The van der Waals surface area contributed by atoms with Crippen LogP contribution < -0.4 is 0 Å². The minimum atomic E-state index is 0.575. The van der Waals surface area contributed by atoms with Crippen molar-refractivity contribution in [3.05, 3.63) is 34.5 Å². The van der Waals surface area contributed by atoms with Crippen molar-refractivity contribution < 1.29 is 4.42 Å². The molecule has 2 aromatic rings. The van der Waals surface area contributed by atoms with Gasteiger partial charge in [-0.2, -0.15) is 11.8 Å². The molecule has 16 heavy (non-hydrogen) atoms. The van der Waals surface area contributed by atoms with Crippen molar-refractivity contribution in [1.82, 2.24) is 9.97 Å². The smallest absolute Gasteiger partial charge is 0.164 e. The molecular weight excluding hydrogens is 244 g/mol. The molecule has 3 heterocycles. The molecule has 0 bridgehead atoms. The first-order chi connectivity index (χ1) is 7.75. The molecule has 0 radical (unpaired) electrons. The van der Waals surface area contributed by atoms with E-state index in [2.05, 4.69) is 9.97 Å². The molecule has 3 nitrogen and oxygen atoms in total. The first-order valence-corrected chi connectivity index (χ1v) is 6.46. The molecule has 5 heteroatoms. The summed E-state index contributed by atoms with van der Waals surface area (Å²) in [6.07, 6.45) is 1.64. The van der Waals surface area contributed by atoms with Gasteiger partial charge in [-0.1, -0.05) is 11.6 Å². The lowest BCUT2D eigenvalue weighted by Gasteiger charge is -2.03. The summed E-state index contributed by atoms with van der Waals surface area (Å²) >= 11 is 7.97. The molecule has 0 atom stereocenters. The second-order valence-electron chi connectivity index (χ2n) is 3.65. The van der Waals surface area contributed by atoms with Crippen LogP contribution in [-0.4, -0.2) is 9.97 Å². The summed E-state index contributed by atoms with van der Waals surface area (Å²) in [6.45, 7) is 1.90. The van der Waals surface area contributed by atoms with Crippen molar-refractivity contribution in [3.63, 3.8) is 0 Å². The highest BCUT2D eigenvalue weighted by molar-refractivity contribution is 7.98. The van der Waals surface area contributed by atoms with E-state index >= 15 is 0 Å². The van der Waals surface area contributed by atoms with Crippen molar-refractivity contribution in [2.75, 3.05) is 0 Å². The number of aryl methyl sites for hydroxylation is 1. The van der Waals surface area contributed by atoms with Crippen LogP contribution in [0.1, 0.15) is 17.0 Å². The molecule has 0 unspecified atom stereocenters.